The van der Waals surface area contributed by atoms with Gasteiger partial charge in [-0.25, -0.2) is 0 Å². The van der Waals surface area contributed by atoms with Crippen LogP contribution in [-0.2, 0) is 0 Å². The van der Waals surface area contributed by atoms with Gasteiger partial charge in [-0.1, -0.05) is 0 Å². The molecule has 0 aliphatic carbocycles. The molecule has 1 heteroatoms. The van der Waals surface area contributed by atoms with Gasteiger partial charge < -0.3 is 0 Å². The van der Waals surface area contributed by atoms with Crippen molar-refractivity contribution in [2.24, 2.45) is 0 Å². The molecule has 5 heavy (non-hydrogen) atoms. The van der Waals surface area contributed by atoms with Gasteiger partial charge in [-0.15, -0.1) is 0 Å². The maximum absolute atomic E-state index is 3.63. The molecule has 0 fully saturated rings. The SMILES string of the molecule is C=[CH][Ge]([CH3])[CH3]. The molecule has 1 radical (unpaired) electrons. The second-order valence-electron chi connectivity index (χ2n) is 1.28. The second-order valence-corrected chi connectivity index (χ2v) is 6.66. The molecule has 0 amide bonds. The van der Waals surface area contributed by atoms with E-state index in [-0.39, 0.29) is 0 Å². The van der Waals surface area contributed by atoms with Crippen LogP contribution >= 0.6 is 0 Å². The van der Waals surface area contributed by atoms with Crippen molar-refractivity contribution in [2.75, 3.05) is 0 Å². The molecule has 0 aromatic carbocycles. The Kier molecular flexibility index (Phi) is 2.66. The number of rotatable bonds is 1. The van der Waals surface area contributed by atoms with Crippen LogP contribution in [0.2, 0.25) is 11.5 Å². The van der Waals surface area contributed by atoms with Crippen molar-refractivity contribution in [3.05, 3.63) is 11.5 Å². The third kappa shape index (κ3) is 4.28. The van der Waals surface area contributed by atoms with Crippen LogP contribution in [0.1, 0.15) is 0 Å². The molecule has 0 aliphatic heterocycles. The summed E-state index contributed by atoms with van der Waals surface area (Å²) in [4.78, 5) is 2.08. The van der Waals surface area contributed by atoms with Crippen molar-refractivity contribution in [3.8, 4) is 0 Å². The van der Waals surface area contributed by atoms with Gasteiger partial charge in [0.1, 0.15) is 0 Å². The van der Waals surface area contributed by atoms with E-state index < -0.39 is 14.3 Å². The molecule has 0 unspecified atom stereocenters. The average Bonchev–Trinajstić information content (AvgIpc) is 1.38. The van der Waals surface area contributed by atoms with Gasteiger partial charge >= 0.3 is 37.3 Å². The van der Waals surface area contributed by atoms with E-state index in [1.165, 1.54) is 0 Å². The van der Waals surface area contributed by atoms with Gasteiger partial charge in [-0.2, -0.15) is 0 Å². The van der Waals surface area contributed by atoms with E-state index in [9.17, 15) is 0 Å². The van der Waals surface area contributed by atoms with Crippen molar-refractivity contribution >= 4 is 14.3 Å². The monoisotopic (exact) mass is 131 g/mol. The Morgan fingerprint density at radius 3 is 1.80 bits per heavy atom. The Balaban J connectivity index is 2.83. The van der Waals surface area contributed by atoms with Crippen molar-refractivity contribution < 1.29 is 0 Å². The maximum atomic E-state index is 3.63. The summed E-state index contributed by atoms with van der Waals surface area (Å²) < 4.78 is 0. The molecule has 0 aliphatic rings. The van der Waals surface area contributed by atoms with Crippen LogP contribution < -0.4 is 0 Å². The molecule has 0 aromatic heterocycles. The summed E-state index contributed by atoms with van der Waals surface area (Å²) in [6.07, 6.45) is 0. The first kappa shape index (κ1) is 5.28. The zero-order valence-corrected chi connectivity index (χ0v) is 5.88. The zero-order valence-electron chi connectivity index (χ0n) is 3.78. The molecule has 0 heterocycles. The van der Waals surface area contributed by atoms with E-state index in [4.69, 9.17) is 0 Å². The molecule has 0 N–H and O–H groups in total. The third-order valence-electron chi connectivity index (χ3n) is 0.408. The van der Waals surface area contributed by atoms with E-state index in [1.807, 2.05) is 0 Å². The quantitative estimate of drug-likeness (QED) is 0.471. The minimum atomic E-state index is -0.593. The summed E-state index contributed by atoms with van der Waals surface area (Å²) in [5.41, 5.74) is 0. The van der Waals surface area contributed by atoms with Crippen LogP contribution in [0.3, 0.4) is 0 Å². The fraction of sp³-hybridized carbons (Fsp3) is 0.500. The van der Waals surface area contributed by atoms with Gasteiger partial charge in [0.2, 0.25) is 0 Å². The van der Waals surface area contributed by atoms with E-state index in [1.54, 1.807) is 0 Å². The van der Waals surface area contributed by atoms with Crippen molar-refractivity contribution in [3.63, 3.8) is 0 Å². The average molecular weight is 130 g/mol. The summed E-state index contributed by atoms with van der Waals surface area (Å²) in [7, 11) is 0. The summed E-state index contributed by atoms with van der Waals surface area (Å²) in [6, 6.07) is 0. The predicted molar refractivity (Wildman–Crippen MR) is 27.7 cm³/mol. The van der Waals surface area contributed by atoms with Crippen LogP contribution in [0.25, 0.3) is 0 Å². The molecule has 0 rings (SSSR count). The molecule has 0 saturated carbocycles. The van der Waals surface area contributed by atoms with Gasteiger partial charge in [0, 0.05) is 0 Å². The topological polar surface area (TPSA) is 0 Å². The Morgan fingerprint density at radius 2 is 1.80 bits per heavy atom. The van der Waals surface area contributed by atoms with Gasteiger partial charge in [0.05, 0.1) is 0 Å². The van der Waals surface area contributed by atoms with Crippen molar-refractivity contribution in [2.45, 2.75) is 11.5 Å². The molecule has 29 valence electrons. The molecular weight excluding hydrogens is 121 g/mol. The third-order valence-corrected chi connectivity index (χ3v) is 2.12. The summed E-state index contributed by atoms with van der Waals surface area (Å²) in [5.74, 6) is 4.54. The van der Waals surface area contributed by atoms with E-state index >= 15 is 0 Å². The van der Waals surface area contributed by atoms with Gasteiger partial charge in [-0.3, -0.25) is 0 Å². The molecule has 0 atom stereocenters. The molecular formula is C4H9Ge. The first-order valence-electron chi connectivity index (χ1n) is 1.70. The zero-order chi connectivity index (χ0) is 4.28. The second kappa shape index (κ2) is 2.52. The van der Waals surface area contributed by atoms with Crippen molar-refractivity contribution in [1.82, 2.24) is 0 Å². The van der Waals surface area contributed by atoms with Gasteiger partial charge in [0.15, 0.2) is 0 Å². The standard InChI is InChI=1S/C4H9Ge/c1-4-5(2)3/h4H,1H2,2-3H3. The minimum absolute atomic E-state index is 0.593. The van der Waals surface area contributed by atoms with Gasteiger partial charge in [-0.05, 0) is 0 Å². The Morgan fingerprint density at radius 1 is 1.60 bits per heavy atom. The number of hydrogen-bond donors (Lipinski definition) is 0. The van der Waals surface area contributed by atoms with Crippen molar-refractivity contribution in [1.29, 1.82) is 0 Å². The fourth-order valence-electron chi connectivity index (χ4n) is 0. The number of hydrogen-bond acceptors (Lipinski definition) is 0. The van der Waals surface area contributed by atoms with Crippen LogP contribution in [0.4, 0.5) is 0 Å². The van der Waals surface area contributed by atoms with Crippen LogP contribution in [0, 0.1) is 0 Å². The van der Waals surface area contributed by atoms with Crippen LogP contribution in [0.5, 0.6) is 0 Å². The summed E-state index contributed by atoms with van der Waals surface area (Å²) in [5, 5.41) is 0. The molecule has 0 spiro atoms. The molecule has 0 saturated heterocycles. The van der Waals surface area contributed by atoms with Crippen LogP contribution in [0.15, 0.2) is 11.5 Å². The molecule has 0 aromatic rings. The predicted octanol–water partition coefficient (Wildman–Crippen LogP) is 1.47. The molecule has 0 bridgehead atoms. The Labute approximate surface area is 38.0 Å². The Hall–Kier alpha value is 0.283. The Bertz CT molecular complexity index is 30.6. The van der Waals surface area contributed by atoms with Crippen LogP contribution in [-0.4, -0.2) is 14.3 Å². The fourth-order valence-corrected chi connectivity index (χ4v) is 0. The summed E-state index contributed by atoms with van der Waals surface area (Å²) in [6.45, 7) is 3.63. The molecule has 0 nitrogen and oxygen atoms in total. The van der Waals surface area contributed by atoms with E-state index in [2.05, 4.69) is 23.0 Å². The van der Waals surface area contributed by atoms with Gasteiger partial charge in [0.25, 0.3) is 0 Å². The summed E-state index contributed by atoms with van der Waals surface area (Å²) >= 11 is -0.593. The first-order valence-corrected chi connectivity index (χ1v) is 7.10. The normalized spacial score (nSPS) is 8.60. The first-order chi connectivity index (χ1) is 2.27. The van der Waals surface area contributed by atoms with E-state index in [0.29, 0.717) is 0 Å². The van der Waals surface area contributed by atoms with E-state index in [0.717, 1.165) is 0 Å².